The van der Waals surface area contributed by atoms with E-state index in [1.165, 1.54) is 109 Å². The maximum atomic E-state index is 11.2. The summed E-state index contributed by atoms with van der Waals surface area (Å²) in [6.07, 6.45) is 23.3. The van der Waals surface area contributed by atoms with Gasteiger partial charge in [0.15, 0.2) is 0 Å². The number of carbonyl (C=O) groups is 1. The van der Waals surface area contributed by atoms with Gasteiger partial charge in [-0.25, -0.2) is 4.79 Å². The van der Waals surface area contributed by atoms with E-state index < -0.39 is 0 Å². The van der Waals surface area contributed by atoms with Crippen LogP contribution in [0.25, 0.3) is 0 Å². The summed E-state index contributed by atoms with van der Waals surface area (Å²) in [7, 11) is 0.0893. The molecule has 0 bridgehead atoms. The number of halogens is 2. The molecule has 5 heteroatoms. The lowest BCUT2D eigenvalue weighted by Crippen LogP contribution is -2.05. The monoisotopic (exact) mass is 552 g/mol. The largest absolute Gasteiger partial charge is 0.462 e. The normalized spacial score (nSPS) is 11.6. The number of hydrogen-bond acceptors (Lipinski definition) is 2. The molecule has 0 fully saturated rings. The molecule has 0 N–H and O–H groups in total. The molecule has 0 saturated heterocycles. The van der Waals surface area contributed by atoms with Crippen LogP contribution in [0.4, 0.5) is 0 Å². The zero-order valence-corrected chi connectivity index (χ0v) is 23.6. The molecule has 0 rings (SSSR count). The summed E-state index contributed by atoms with van der Waals surface area (Å²) in [5, 5.41) is 0. The Morgan fingerprint density at radius 1 is 0.724 bits per heavy atom. The first-order chi connectivity index (χ1) is 14.0. The van der Waals surface area contributed by atoms with Gasteiger partial charge in [-0.2, -0.15) is 0 Å². The molecule has 0 spiro atoms. The molecule has 0 saturated carbocycles. The summed E-state index contributed by atoms with van der Waals surface area (Å²) in [4.78, 5) is 11.2. The molecule has 0 atom stereocenters. The van der Waals surface area contributed by atoms with Gasteiger partial charge in [-0.1, -0.05) is 147 Å². The molecule has 29 heavy (non-hydrogen) atoms. The van der Waals surface area contributed by atoms with Crippen LogP contribution in [0.3, 0.4) is 0 Å². The van der Waals surface area contributed by atoms with Gasteiger partial charge in [0.1, 0.15) is 0 Å². The minimum atomic E-state index is -0.254. The Balaban J connectivity index is 3.07. The first-order valence-corrected chi connectivity index (χ1v) is 15.8. The summed E-state index contributed by atoms with van der Waals surface area (Å²) < 4.78 is 5.75. The highest BCUT2D eigenvalue weighted by molar-refractivity contribution is 9.25. The van der Waals surface area contributed by atoms with Crippen molar-refractivity contribution in [1.29, 1.82) is 0 Å². The number of rotatable bonds is 22. The van der Waals surface area contributed by atoms with Crippen molar-refractivity contribution >= 4 is 47.3 Å². The van der Waals surface area contributed by atoms with Crippen molar-refractivity contribution in [2.75, 3.05) is 6.61 Å². The Kier molecular flexibility index (Phi) is 23.4. The van der Waals surface area contributed by atoms with Crippen LogP contribution < -0.4 is 0 Å². The van der Waals surface area contributed by atoms with E-state index in [0.717, 1.165) is 6.42 Å². The summed E-state index contributed by atoms with van der Waals surface area (Å²) in [5.41, 5.74) is 0.492. The van der Waals surface area contributed by atoms with Gasteiger partial charge in [-0.3, -0.25) is 0 Å². The predicted octanol–water partition coefficient (Wildman–Crippen LogP) is 8.40. The molecule has 0 unspecified atom stereocenters. The first-order valence-electron chi connectivity index (χ1n) is 12.1. The number of unbranched alkanes of at least 4 members (excludes halogenated alkanes) is 16. The average molecular weight is 555 g/mol. The quantitative estimate of drug-likeness (QED) is 0.0442. The maximum Gasteiger partial charge on any atom is 0.333 e. The smallest absolute Gasteiger partial charge is 0.333 e. The van der Waals surface area contributed by atoms with E-state index in [0.29, 0.717) is 15.5 Å². The second-order valence-corrected chi connectivity index (χ2v) is 16.4. The molecule has 0 aliphatic rings. The zero-order chi connectivity index (χ0) is 21.6. The van der Waals surface area contributed by atoms with Crippen LogP contribution in [0.1, 0.15) is 116 Å². The Labute approximate surface area is 200 Å². The van der Waals surface area contributed by atoms with Crippen LogP contribution in [0.2, 0.25) is 6.04 Å². The van der Waals surface area contributed by atoms with Crippen molar-refractivity contribution in [3.05, 3.63) is 12.2 Å². The van der Waals surface area contributed by atoms with Gasteiger partial charge in [0.25, 0.3) is 0 Å². The van der Waals surface area contributed by atoms with Gasteiger partial charge in [-0.05, 0) is 13.3 Å². The molecule has 0 aliphatic heterocycles. The van der Waals surface area contributed by atoms with E-state index in [1.54, 1.807) is 6.92 Å². The highest BCUT2D eigenvalue weighted by Crippen LogP contribution is 2.15. The first kappa shape index (κ1) is 29.4. The van der Waals surface area contributed by atoms with Gasteiger partial charge in [0, 0.05) is 15.1 Å². The van der Waals surface area contributed by atoms with Crippen LogP contribution in [0, 0.1) is 0 Å². The Morgan fingerprint density at radius 2 is 1.07 bits per heavy atom. The van der Waals surface area contributed by atoms with Gasteiger partial charge in [-0.15, -0.1) is 0 Å². The number of ether oxygens (including phenoxy) is 1. The minimum absolute atomic E-state index is 0.0893. The summed E-state index contributed by atoms with van der Waals surface area (Å²) in [6, 6.07) is 1.48. The molecular formula is C24H46Br2O2Si. The molecule has 0 aromatic heterocycles. The second-order valence-electron chi connectivity index (χ2n) is 8.46. The highest BCUT2D eigenvalue weighted by atomic mass is 79.9. The molecule has 0 amide bonds. The lowest BCUT2D eigenvalue weighted by molar-refractivity contribution is -0.139. The lowest BCUT2D eigenvalue weighted by atomic mass is 10.0. The molecule has 2 nitrogen and oxygen atoms in total. The Hall–Kier alpha value is 0.387. The van der Waals surface area contributed by atoms with E-state index >= 15 is 0 Å². The van der Waals surface area contributed by atoms with Gasteiger partial charge < -0.3 is 4.74 Å². The fourth-order valence-corrected chi connectivity index (χ4v) is 6.41. The molecule has 0 aromatic rings. The third-order valence-electron chi connectivity index (χ3n) is 5.40. The van der Waals surface area contributed by atoms with Crippen LogP contribution in [-0.2, 0) is 9.53 Å². The van der Waals surface area contributed by atoms with E-state index in [-0.39, 0.29) is 15.5 Å². The van der Waals surface area contributed by atoms with Gasteiger partial charge in [0.2, 0.25) is 0 Å². The predicted molar refractivity (Wildman–Crippen MR) is 139 cm³/mol. The van der Waals surface area contributed by atoms with Crippen molar-refractivity contribution in [3.63, 3.8) is 0 Å². The molecule has 0 aromatic carbocycles. The van der Waals surface area contributed by atoms with Crippen molar-refractivity contribution in [3.8, 4) is 0 Å². The summed E-state index contributed by atoms with van der Waals surface area (Å²) in [6.45, 7) is 5.82. The molecule has 0 radical (unpaired) electrons. The fourth-order valence-electron chi connectivity index (χ4n) is 3.52. The molecule has 0 heterocycles. The summed E-state index contributed by atoms with van der Waals surface area (Å²) >= 11 is 7.20. The second kappa shape index (κ2) is 23.1. The van der Waals surface area contributed by atoms with Crippen LogP contribution in [0.15, 0.2) is 12.2 Å². The van der Waals surface area contributed by atoms with Crippen molar-refractivity contribution < 1.29 is 9.53 Å². The fraction of sp³-hybridized carbons (Fsp3) is 0.875. The van der Waals surface area contributed by atoms with E-state index in [4.69, 9.17) is 4.74 Å². The number of hydrogen-bond donors (Lipinski definition) is 0. The topological polar surface area (TPSA) is 26.3 Å². The Morgan fingerprint density at radius 3 is 1.41 bits per heavy atom. The third kappa shape index (κ3) is 24.5. The summed E-state index contributed by atoms with van der Waals surface area (Å²) in [5.74, 6) is -0.254. The van der Waals surface area contributed by atoms with Crippen LogP contribution in [-0.4, -0.2) is 25.5 Å². The third-order valence-corrected chi connectivity index (χ3v) is 9.49. The number of alkyl halides is 2. The van der Waals surface area contributed by atoms with E-state index in [2.05, 4.69) is 38.4 Å². The molecular weight excluding hydrogens is 508 g/mol. The number of carbonyl (C=O) groups excluding carboxylic acids is 1. The SMILES string of the molecule is C=C(C)C(=O)OCCCCCCCCCCCCCCCCCCC[SiH2]C(Br)Br. The zero-order valence-electron chi connectivity index (χ0n) is 19.0. The molecule has 172 valence electrons. The van der Waals surface area contributed by atoms with Crippen LogP contribution >= 0.6 is 31.9 Å². The maximum absolute atomic E-state index is 11.2. The molecule has 0 aliphatic carbocycles. The number of esters is 1. The van der Waals surface area contributed by atoms with E-state index in [1.807, 2.05) is 0 Å². The lowest BCUT2D eigenvalue weighted by Gasteiger charge is -2.05. The van der Waals surface area contributed by atoms with E-state index in [9.17, 15) is 4.79 Å². The average Bonchev–Trinajstić information content (AvgIpc) is 2.68. The van der Waals surface area contributed by atoms with Crippen molar-refractivity contribution in [1.82, 2.24) is 0 Å². The van der Waals surface area contributed by atoms with Gasteiger partial charge in [0.05, 0.1) is 9.97 Å². The standard InChI is InChI=1S/C24H46Br2O2Si/c1-22(2)23(27)28-20-18-16-14-12-10-8-6-4-3-5-7-9-11-13-15-17-19-21-29-24(25)26/h24H,1,3-21,29H2,2H3. The van der Waals surface area contributed by atoms with Crippen molar-refractivity contribution in [2.45, 2.75) is 125 Å². The van der Waals surface area contributed by atoms with Crippen molar-refractivity contribution in [2.24, 2.45) is 0 Å². The van der Waals surface area contributed by atoms with Crippen LogP contribution in [0.5, 0.6) is 0 Å². The highest BCUT2D eigenvalue weighted by Gasteiger charge is 2.02. The Bertz CT molecular complexity index is 389. The minimum Gasteiger partial charge on any atom is -0.462 e. The van der Waals surface area contributed by atoms with Gasteiger partial charge >= 0.3 is 5.97 Å².